The number of nitrogens with one attached hydrogen (secondary N) is 1. The van der Waals surface area contributed by atoms with E-state index in [1.165, 1.54) is 0 Å². The molecule has 0 atom stereocenters. The summed E-state index contributed by atoms with van der Waals surface area (Å²) in [5.41, 5.74) is -0.179. The largest absolute Gasteiger partial charge is 0.476 e. The van der Waals surface area contributed by atoms with Crippen molar-refractivity contribution in [3.63, 3.8) is 0 Å². The maximum atomic E-state index is 11.8. The van der Waals surface area contributed by atoms with Crippen molar-refractivity contribution in [2.45, 2.75) is 26.7 Å². The van der Waals surface area contributed by atoms with E-state index < -0.39 is 11.9 Å². The van der Waals surface area contributed by atoms with Crippen molar-refractivity contribution < 1.29 is 19.5 Å². The molecule has 22 heavy (non-hydrogen) atoms. The van der Waals surface area contributed by atoms with Crippen LogP contribution in [-0.2, 0) is 4.79 Å². The lowest BCUT2D eigenvalue weighted by Crippen LogP contribution is -2.31. The van der Waals surface area contributed by atoms with Crippen molar-refractivity contribution in [3.05, 3.63) is 23.8 Å². The van der Waals surface area contributed by atoms with E-state index in [1.54, 1.807) is 4.90 Å². The Morgan fingerprint density at radius 1 is 1.14 bits per heavy atom. The number of carbonyl (C=O) groups excluding carboxylic acids is 2. The number of rotatable bonds is 8. The summed E-state index contributed by atoms with van der Waals surface area (Å²) in [5.74, 6) is -1.58. The van der Waals surface area contributed by atoms with E-state index in [0.717, 1.165) is 12.4 Å². The van der Waals surface area contributed by atoms with Gasteiger partial charge < -0.3 is 15.3 Å². The van der Waals surface area contributed by atoms with Crippen LogP contribution in [0.25, 0.3) is 0 Å². The lowest BCUT2D eigenvalue weighted by Gasteiger charge is -2.18. The Labute approximate surface area is 128 Å². The summed E-state index contributed by atoms with van der Waals surface area (Å²) in [6, 6.07) is 0. The van der Waals surface area contributed by atoms with Gasteiger partial charge in [0.15, 0.2) is 5.69 Å². The van der Waals surface area contributed by atoms with Crippen LogP contribution in [0, 0.1) is 0 Å². The number of aromatic carboxylic acids is 1. The molecule has 120 valence electrons. The van der Waals surface area contributed by atoms with Crippen LogP contribution >= 0.6 is 0 Å². The summed E-state index contributed by atoms with van der Waals surface area (Å²) in [5, 5.41) is 11.3. The average Bonchev–Trinajstić information content (AvgIpc) is 2.52. The highest BCUT2D eigenvalue weighted by Crippen LogP contribution is 1.99. The summed E-state index contributed by atoms with van der Waals surface area (Å²) in [6.07, 6.45) is 3.04. The van der Waals surface area contributed by atoms with E-state index in [4.69, 9.17) is 5.11 Å². The SMILES string of the molecule is CCN(CC)C(=O)CCCNC(=O)c1cnc(C(=O)O)cn1. The molecule has 2 amide bonds. The Morgan fingerprint density at radius 3 is 2.23 bits per heavy atom. The first-order valence-corrected chi connectivity index (χ1v) is 7.10. The number of hydrogen-bond acceptors (Lipinski definition) is 5. The van der Waals surface area contributed by atoms with Crippen LogP contribution in [0.1, 0.15) is 47.7 Å². The van der Waals surface area contributed by atoms with Gasteiger partial charge >= 0.3 is 5.97 Å². The third-order valence-corrected chi connectivity index (χ3v) is 3.07. The molecule has 0 radical (unpaired) electrons. The number of aromatic nitrogens is 2. The molecule has 0 saturated carbocycles. The van der Waals surface area contributed by atoms with E-state index in [0.29, 0.717) is 32.5 Å². The summed E-state index contributed by atoms with van der Waals surface area (Å²) in [7, 11) is 0. The van der Waals surface area contributed by atoms with Crippen molar-refractivity contribution >= 4 is 17.8 Å². The second-order valence-corrected chi connectivity index (χ2v) is 4.52. The van der Waals surface area contributed by atoms with Crippen LogP contribution in [0.15, 0.2) is 12.4 Å². The summed E-state index contributed by atoms with van der Waals surface area (Å²) in [4.78, 5) is 43.2. The first-order valence-electron chi connectivity index (χ1n) is 7.10. The van der Waals surface area contributed by atoms with E-state index in [-0.39, 0.29) is 17.3 Å². The minimum Gasteiger partial charge on any atom is -0.476 e. The molecule has 1 rings (SSSR count). The quantitative estimate of drug-likeness (QED) is 0.678. The van der Waals surface area contributed by atoms with Gasteiger partial charge in [0.05, 0.1) is 12.4 Å². The van der Waals surface area contributed by atoms with Crippen molar-refractivity contribution in [2.75, 3.05) is 19.6 Å². The van der Waals surface area contributed by atoms with Crippen LogP contribution in [0.2, 0.25) is 0 Å². The Kier molecular flexibility index (Phi) is 6.94. The fourth-order valence-electron chi connectivity index (χ4n) is 1.82. The molecule has 0 aliphatic carbocycles. The van der Waals surface area contributed by atoms with E-state index in [9.17, 15) is 14.4 Å². The van der Waals surface area contributed by atoms with Gasteiger partial charge in [-0.1, -0.05) is 0 Å². The number of amides is 2. The third-order valence-electron chi connectivity index (χ3n) is 3.07. The van der Waals surface area contributed by atoms with Crippen molar-refractivity contribution in [1.29, 1.82) is 0 Å². The molecular formula is C14H20N4O4. The molecule has 0 unspecified atom stereocenters. The standard InChI is InChI=1S/C14H20N4O4/c1-3-18(4-2)12(19)6-5-7-15-13(20)10-8-17-11(9-16-10)14(21)22/h8-9H,3-7H2,1-2H3,(H,15,20)(H,21,22). The molecule has 1 heterocycles. The van der Waals surface area contributed by atoms with Gasteiger partial charge in [0.1, 0.15) is 5.69 Å². The van der Waals surface area contributed by atoms with E-state index >= 15 is 0 Å². The minimum absolute atomic E-state index is 0.0417. The monoisotopic (exact) mass is 308 g/mol. The van der Waals surface area contributed by atoms with Gasteiger partial charge in [-0.25, -0.2) is 14.8 Å². The number of carboxylic acid groups (broad SMARTS) is 1. The zero-order chi connectivity index (χ0) is 16.5. The molecule has 8 nitrogen and oxygen atoms in total. The maximum absolute atomic E-state index is 11.8. The van der Waals surface area contributed by atoms with Gasteiger partial charge in [-0.2, -0.15) is 0 Å². The number of nitrogens with zero attached hydrogens (tertiary/aromatic N) is 3. The first kappa shape index (κ1) is 17.5. The topological polar surface area (TPSA) is 112 Å². The normalized spacial score (nSPS) is 10.1. The Bertz CT molecular complexity index is 526. The molecule has 0 spiro atoms. The van der Waals surface area contributed by atoms with Gasteiger partial charge in [0.25, 0.3) is 5.91 Å². The predicted molar refractivity (Wildman–Crippen MR) is 78.5 cm³/mol. The molecule has 0 bridgehead atoms. The average molecular weight is 308 g/mol. The molecule has 0 aliphatic rings. The molecule has 8 heteroatoms. The highest BCUT2D eigenvalue weighted by atomic mass is 16.4. The van der Waals surface area contributed by atoms with Crippen LogP contribution in [0.4, 0.5) is 0 Å². The number of carboxylic acids is 1. The molecule has 0 aliphatic heterocycles. The highest BCUT2D eigenvalue weighted by Gasteiger charge is 2.12. The smallest absolute Gasteiger partial charge is 0.356 e. The highest BCUT2D eigenvalue weighted by molar-refractivity contribution is 5.92. The Balaban J connectivity index is 2.37. The van der Waals surface area contributed by atoms with E-state index in [1.807, 2.05) is 13.8 Å². The van der Waals surface area contributed by atoms with Gasteiger partial charge in [0.2, 0.25) is 5.91 Å². The zero-order valence-corrected chi connectivity index (χ0v) is 12.7. The van der Waals surface area contributed by atoms with Crippen LogP contribution in [0.5, 0.6) is 0 Å². The number of hydrogen-bond donors (Lipinski definition) is 2. The second-order valence-electron chi connectivity index (χ2n) is 4.52. The lowest BCUT2D eigenvalue weighted by molar-refractivity contribution is -0.130. The number of carbonyl (C=O) groups is 3. The first-order chi connectivity index (χ1) is 10.5. The van der Waals surface area contributed by atoms with Gasteiger partial charge in [-0.05, 0) is 20.3 Å². The Hall–Kier alpha value is -2.51. The van der Waals surface area contributed by atoms with Crippen molar-refractivity contribution in [1.82, 2.24) is 20.2 Å². The molecule has 0 aromatic carbocycles. The molecule has 2 N–H and O–H groups in total. The molecule has 1 aromatic rings. The maximum Gasteiger partial charge on any atom is 0.356 e. The van der Waals surface area contributed by atoms with Crippen LogP contribution in [0.3, 0.4) is 0 Å². The lowest BCUT2D eigenvalue weighted by atomic mass is 10.2. The fraction of sp³-hybridized carbons (Fsp3) is 0.500. The molecule has 0 fully saturated rings. The fourth-order valence-corrected chi connectivity index (χ4v) is 1.82. The van der Waals surface area contributed by atoms with E-state index in [2.05, 4.69) is 15.3 Å². The van der Waals surface area contributed by atoms with Gasteiger partial charge in [0, 0.05) is 26.1 Å². The van der Waals surface area contributed by atoms with Crippen molar-refractivity contribution in [3.8, 4) is 0 Å². The minimum atomic E-state index is -1.20. The molecule has 1 aromatic heterocycles. The molecule has 0 saturated heterocycles. The molecular weight excluding hydrogens is 288 g/mol. The van der Waals surface area contributed by atoms with Crippen LogP contribution < -0.4 is 5.32 Å². The Morgan fingerprint density at radius 2 is 1.73 bits per heavy atom. The van der Waals surface area contributed by atoms with Crippen LogP contribution in [-0.4, -0.2) is 57.4 Å². The summed E-state index contributed by atoms with van der Waals surface area (Å²) < 4.78 is 0. The second kappa shape index (κ2) is 8.71. The summed E-state index contributed by atoms with van der Waals surface area (Å²) in [6.45, 7) is 5.53. The summed E-state index contributed by atoms with van der Waals surface area (Å²) >= 11 is 0. The van der Waals surface area contributed by atoms with Gasteiger partial charge in [-0.15, -0.1) is 0 Å². The third kappa shape index (κ3) is 5.12. The zero-order valence-electron chi connectivity index (χ0n) is 12.7. The van der Waals surface area contributed by atoms with Gasteiger partial charge in [-0.3, -0.25) is 9.59 Å². The predicted octanol–water partition coefficient (Wildman–Crippen LogP) is 0.553. The van der Waals surface area contributed by atoms with Crippen molar-refractivity contribution in [2.24, 2.45) is 0 Å².